The van der Waals surface area contributed by atoms with Crippen LogP contribution in [0.15, 0.2) is 48.5 Å². The maximum absolute atomic E-state index is 12.9. The highest BCUT2D eigenvalue weighted by Crippen LogP contribution is 2.34. The molecule has 0 fully saturated rings. The Labute approximate surface area is 165 Å². The van der Waals surface area contributed by atoms with Crippen molar-refractivity contribution < 1.29 is 28.1 Å². The van der Waals surface area contributed by atoms with Gasteiger partial charge in [-0.1, -0.05) is 41.9 Å². The van der Waals surface area contributed by atoms with Gasteiger partial charge in [0.05, 0.1) is 29.4 Å². The number of hydrogen-bond acceptors (Lipinski definition) is 2. The van der Waals surface area contributed by atoms with Crippen molar-refractivity contribution in [3.05, 3.63) is 64.7 Å². The van der Waals surface area contributed by atoms with Crippen LogP contribution in [0.3, 0.4) is 0 Å². The second-order valence-corrected chi connectivity index (χ2v) is 6.48. The third-order valence-electron chi connectivity index (χ3n) is 3.91. The molecule has 0 saturated heterocycles. The van der Waals surface area contributed by atoms with Gasteiger partial charge in [-0.2, -0.15) is 13.2 Å². The average Bonchev–Trinajstić information content (AvgIpc) is 2.63. The van der Waals surface area contributed by atoms with Gasteiger partial charge < -0.3 is 16.0 Å². The predicted molar refractivity (Wildman–Crippen MR) is 99.7 cm³/mol. The number of anilines is 1. The number of carbonyl (C=O) groups excluding carboxylic acids is 2. The van der Waals surface area contributed by atoms with Gasteiger partial charge in [0.25, 0.3) is 5.91 Å². The zero-order valence-electron chi connectivity index (χ0n) is 15.0. The van der Waals surface area contributed by atoms with E-state index in [1.54, 1.807) is 35.6 Å². The van der Waals surface area contributed by atoms with E-state index in [0.29, 0.717) is 18.7 Å². The van der Waals surface area contributed by atoms with Crippen LogP contribution in [0.2, 0.25) is 5.02 Å². The first-order chi connectivity index (χ1) is 13.2. The first-order valence-corrected chi connectivity index (χ1v) is 8.86. The molecule has 2 aromatic carbocycles. The number of hydrogen-bond donors (Lipinski definition) is 3. The van der Waals surface area contributed by atoms with Gasteiger partial charge in [0, 0.05) is 12.5 Å². The highest BCUT2D eigenvalue weighted by molar-refractivity contribution is 6.33. The third kappa shape index (κ3) is 6.24. The molecule has 0 heterocycles. The van der Waals surface area contributed by atoms with Crippen LogP contribution < -0.4 is 16.0 Å². The molecule has 0 bridgehead atoms. The summed E-state index contributed by atoms with van der Waals surface area (Å²) in [7, 11) is 0. The first kappa shape index (κ1) is 21.7. The molecule has 0 aromatic heterocycles. The van der Waals surface area contributed by atoms with Crippen LogP contribution in [0.4, 0.5) is 18.9 Å². The summed E-state index contributed by atoms with van der Waals surface area (Å²) in [5.41, 5.74) is -0.346. The molecule has 28 heavy (non-hydrogen) atoms. The average molecular weight is 415 g/mol. The standard InChI is InChI=1S/C19H19ClF3N3O2/c1-12(27)24-9-10-25-17(13-5-3-2-4-6-13)18(28)26-16-11-14(19(21,22)23)7-8-15(16)20/h2-8,11,17,25H,9-10H2,1H3,(H,24,27)(H,26,28)/p+1/t17-/m0/s1. The Balaban J connectivity index is 2.19. The van der Waals surface area contributed by atoms with Crippen LogP contribution >= 0.6 is 11.6 Å². The summed E-state index contributed by atoms with van der Waals surface area (Å²) in [6.07, 6.45) is -4.55. The molecule has 0 aliphatic carbocycles. The number of nitrogens with one attached hydrogen (secondary N) is 2. The summed E-state index contributed by atoms with van der Waals surface area (Å²) in [5.74, 6) is -0.708. The van der Waals surface area contributed by atoms with Crippen LogP contribution in [0.25, 0.3) is 0 Å². The topological polar surface area (TPSA) is 74.8 Å². The second kappa shape index (κ2) is 9.57. The quantitative estimate of drug-likeness (QED) is 0.609. The van der Waals surface area contributed by atoms with E-state index in [4.69, 9.17) is 11.6 Å². The Morgan fingerprint density at radius 1 is 1.14 bits per heavy atom. The number of alkyl halides is 3. The molecule has 9 heteroatoms. The first-order valence-electron chi connectivity index (χ1n) is 8.49. The molecule has 2 aromatic rings. The van der Waals surface area contributed by atoms with E-state index in [1.165, 1.54) is 6.92 Å². The van der Waals surface area contributed by atoms with Gasteiger partial charge in [0.2, 0.25) is 5.91 Å². The van der Waals surface area contributed by atoms with E-state index in [9.17, 15) is 22.8 Å². The summed E-state index contributed by atoms with van der Waals surface area (Å²) < 4.78 is 38.8. The minimum Gasteiger partial charge on any atom is -0.351 e. The van der Waals surface area contributed by atoms with Crippen molar-refractivity contribution in [2.75, 3.05) is 18.4 Å². The fourth-order valence-electron chi connectivity index (χ4n) is 2.56. The minimum absolute atomic E-state index is 0.00593. The van der Waals surface area contributed by atoms with Crippen LogP contribution in [0, 0.1) is 0 Å². The van der Waals surface area contributed by atoms with E-state index < -0.39 is 23.7 Å². The molecule has 4 N–H and O–H groups in total. The smallest absolute Gasteiger partial charge is 0.351 e. The maximum atomic E-state index is 12.9. The van der Waals surface area contributed by atoms with Gasteiger partial charge in [-0.25, -0.2) is 0 Å². The molecule has 2 rings (SSSR count). The van der Waals surface area contributed by atoms with Gasteiger partial charge in [0.15, 0.2) is 6.04 Å². The monoisotopic (exact) mass is 414 g/mol. The molecule has 0 radical (unpaired) electrons. The lowest BCUT2D eigenvalue weighted by Gasteiger charge is -2.17. The normalized spacial score (nSPS) is 12.3. The van der Waals surface area contributed by atoms with Crippen LogP contribution in [-0.2, 0) is 15.8 Å². The van der Waals surface area contributed by atoms with Crippen molar-refractivity contribution in [2.24, 2.45) is 0 Å². The van der Waals surface area contributed by atoms with Gasteiger partial charge in [-0.05, 0) is 18.2 Å². The van der Waals surface area contributed by atoms with Crippen LogP contribution in [-0.4, -0.2) is 24.9 Å². The number of quaternary nitrogens is 1. The number of halogens is 4. The van der Waals surface area contributed by atoms with Crippen molar-refractivity contribution in [2.45, 2.75) is 19.1 Å². The molecule has 0 spiro atoms. The summed E-state index contributed by atoms with van der Waals surface area (Å²) in [5, 5.41) is 6.81. The largest absolute Gasteiger partial charge is 0.416 e. The summed E-state index contributed by atoms with van der Waals surface area (Å²) >= 11 is 5.96. The Morgan fingerprint density at radius 2 is 1.82 bits per heavy atom. The fraction of sp³-hybridized carbons (Fsp3) is 0.263. The highest BCUT2D eigenvalue weighted by atomic mass is 35.5. The van der Waals surface area contributed by atoms with Crippen molar-refractivity contribution in [1.29, 1.82) is 0 Å². The second-order valence-electron chi connectivity index (χ2n) is 6.08. The highest BCUT2D eigenvalue weighted by Gasteiger charge is 2.32. The third-order valence-corrected chi connectivity index (χ3v) is 4.24. The molecule has 2 amide bonds. The van der Waals surface area contributed by atoms with Gasteiger partial charge >= 0.3 is 6.18 Å². The Hall–Kier alpha value is -2.58. The van der Waals surface area contributed by atoms with Gasteiger partial charge in [0.1, 0.15) is 0 Å². The van der Waals surface area contributed by atoms with Crippen molar-refractivity contribution in [3.63, 3.8) is 0 Å². The van der Waals surface area contributed by atoms with Crippen molar-refractivity contribution in [3.8, 4) is 0 Å². The molecule has 0 unspecified atom stereocenters. The number of carbonyl (C=O) groups is 2. The summed E-state index contributed by atoms with van der Waals surface area (Å²) in [6, 6.07) is 10.8. The zero-order valence-corrected chi connectivity index (χ0v) is 15.8. The zero-order chi connectivity index (χ0) is 20.7. The minimum atomic E-state index is -4.55. The Kier molecular flexibility index (Phi) is 7.42. The molecule has 1 atom stereocenters. The number of rotatable bonds is 7. The summed E-state index contributed by atoms with van der Waals surface area (Å²) in [4.78, 5) is 23.8. The Bertz CT molecular complexity index is 829. The molecule has 0 aliphatic heterocycles. The lowest BCUT2D eigenvalue weighted by molar-refractivity contribution is -0.680. The Morgan fingerprint density at radius 3 is 2.43 bits per heavy atom. The number of benzene rings is 2. The van der Waals surface area contributed by atoms with Gasteiger partial charge in [-0.3, -0.25) is 9.59 Å². The van der Waals surface area contributed by atoms with E-state index >= 15 is 0 Å². The molecule has 5 nitrogen and oxygen atoms in total. The fourth-order valence-corrected chi connectivity index (χ4v) is 2.73. The molecular weight excluding hydrogens is 395 g/mol. The lowest BCUT2D eigenvalue weighted by atomic mass is 10.1. The van der Waals surface area contributed by atoms with E-state index in [0.717, 1.165) is 18.2 Å². The lowest BCUT2D eigenvalue weighted by Crippen LogP contribution is -2.88. The number of amides is 2. The van der Waals surface area contributed by atoms with Crippen LogP contribution in [0.5, 0.6) is 0 Å². The molecule has 150 valence electrons. The predicted octanol–water partition coefficient (Wildman–Crippen LogP) is 2.74. The number of nitrogens with two attached hydrogens (primary N) is 1. The maximum Gasteiger partial charge on any atom is 0.416 e. The van der Waals surface area contributed by atoms with Gasteiger partial charge in [-0.15, -0.1) is 0 Å². The van der Waals surface area contributed by atoms with E-state index in [-0.39, 0.29) is 16.6 Å². The summed E-state index contributed by atoms with van der Waals surface area (Å²) in [6.45, 7) is 2.14. The van der Waals surface area contributed by atoms with E-state index in [2.05, 4.69) is 10.6 Å². The molecular formula is C19H20ClF3N3O2+. The van der Waals surface area contributed by atoms with Crippen molar-refractivity contribution >= 4 is 29.1 Å². The SMILES string of the molecule is CC(=O)NCC[NH2+][C@H](C(=O)Nc1cc(C(F)(F)F)ccc1Cl)c1ccccc1. The van der Waals surface area contributed by atoms with E-state index in [1.807, 2.05) is 0 Å². The van der Waals surface area contributed by atoms with Crippen molar-refractivity contribution in [1.82, 2.24) is 5.32 Å². The molecule has 0 saturated carbocycles. The van der Waals surface area contributed by atoms with Crippen LogP contribution in [0.1, 0.15) is 24.1 Å². The molecule has 0 aliphatic rings.